The summed E-state index contributed by atoms with van der Waals surface area (Å²) in [4.78, 5) is 12.5. The molecule has 25 heavy (non-hydrogen) atoms. The Morgan fingerprint density at radius 2 is 2.16 bits per heavy atom. The van der Waals surface area contributed by atoms with Crippen molar-refractivity contribution < 1.29 is 18.8 Å². The number of aliphatic hydroxyl groups is 1. The van der Waals surface area contributed by atoms with Crippen molar-refractivity contribution in [3.05, 3.63) is 64.8 Å². The van der Waals surface area contributed by atoms with E-state index in [-0.39, 0.29) is 12.5 Å². The first-order valence-corrected chi connectivity index (χ1v) is 8.15. The van der Waals surface area contributed by atoms with Crippen LogP contribution >= 0.6 is 11.6 Å². The van der Waals surface area contributed by atoms with Gasteiger partial charge in [-0.25, -0.2) is 0 Å². The molecule has 1 atom stereocenters. The smallest absolute Gasteiger partial charge is 0.257 e. The molecule has 2 heterocycles. The maximum absolute atomic E-state index is 12.5. The molecule has 0 saturated heterocycles. The number of carbonyl (C=O) groups is 1. The van der Waals surface area contributed by atoms with E-state index >= 15 is 0 Å². The maximum atomic E-state index is 12.5. The minimum absolute atomic E-state index is 0.289. The van der Waals surface area contributed by atoms with Crippen LogP contribution in [0.2, 0.25) is 5.02 Å². The van der Waals surface area contributed by atoms with E-state index in [2.05, 4.69) is 10.5 Å². The molecule has 0 bridgehead atoms. The lowest BCUT2D eigenvalue weighted by atomic mass is 10.1. The van der Waals surface area contributed by atoms with Gasteiger partial charge in [-0.05, 0) is 25.5 Å². The molecule has 6 nitrogen and oxygen atoms in total. The molecule has 1 amide bonds. The highest BCUT2D eigenvalue weighted by Crippen LogP contribution is 2.30. The van der Waals surface area contributed by atoms with Crippen molar-refractivity contribution in [2.24, 2.45) is 0 Å². The van der Waals surface area contributed by atoms with Crippen LogP contribution in [0.5, 0.6) is 0 Å². The predicted octanol–water partition coefficient (Wildman–Crippen LogP) is 3.75. The summed E-state index contributed by atoms with van der Waals surface area (Å²) in [6, 6.07) is 8.80. The van der Waals surface area contributed by atoms with E-state index in [1.807, 2.05) is 6.07 Å². The third-order valence-electron chi connectivity index (χ3n) is 3.85. The molecule has 0 fully saturated rings. The van der Waals surface area contributed by atoms with Crippen molar-refractivity contribution in [1.82, 2.24) is 10.5 Å². The summed E-state index contributed by atoms with van der Waals surface area (Å²) in [5.74, 6) is 0.0795. The van der Waals surface area contributed by atoms with Gasteiger partial charge in [0.05, 0.1) is 23.7 Å². The number of hydrogen-bond acceptors (Lipinski definition) is 5. The Hall–Kier alpha value is -2.57. The van der Waals surface area contributed by atoms with Gasteiger partial charge in [0.15, 0.2) is 0 Å². The number of hydrogen-bond donors (Lipinski definition) is 2. The molecule has 0 aliphatic heterocycles. The number of aryl methyl sites for hydroxylation is 1. The normalized spacial score (nSPS) is 12.1. The molecule has 1 aromatic carbocycles. The van der Waals surface area contributed by atoms with Gasteiger partial charge in [-0.3, -0.25) is 4.79 Å². The zero-order chi connectivity index (χ0) is 17.8. The average Bonchev–Trinajstić information content (AvgIpc) is 3.25. The second kappa shape index (κ2) is 7.55. The second-order valence-corrected chi connectivity index (χ2v) is 5.97. The number of aliphatic hydroxyl groups excluding tert-OH is 1. The summed E-state index contributed by atoms with van der Waals surface area (Å²) in [5.41, 5.74) is 2.04. The number of nitrogens with zero attached hydrogens (tertiary/aromatic N) is 1. The van der Waals surface area contributed by atoms with Crippen molar-refractivity contribution in [3.8, 4) is 11.3 Å². The number of carbonyl (C=O) groups excluding carboxylic acids is 1. The molecule has 2 aromatic heterocycles. The number of amides is 1. The van der Waals surface area contributed by atoms with E-state index in [0.29, 0.717) is 39.6 Å². The molecular weight excluding hydrogens is 344 g/mol. The van der Waals surface area contributed by atoms with Gasteiger partial charge in [-0.15, -0.1) is 0 Å². The minimum Gasteiger partial charge on any atom is -0.472 e. The van der Waals surface area contributed by atoms with E-state index in [4.69, 9.17) is 20.5 Å². The second-order valence-electron chi connectivity index (χ2n) is 5.56. The van der Waals surface area contributed by atoms with Gasteiger partial charge in [-0.1, -0.05) is 35.0 Å². The SMILES string of the molecule is Cc1onc(-c2ccccc2Cl)c1C(=O)NCCC(O)c1ccoc1. The zero-order valence-electron chi connectivity index (χ0n) is 13.5. The minimum atomic E-state index is -0.703. The van der Waals surface area contributed by atoms with Gasteiger partial charge in [0.1, 0.15) is 17.0 Å². The van der Waals surface area contributed by atoms with Gasteiger partial charge in [0.2, 0.25) is 0 Å². The Balaban J connectivity index is 1.71. The lowest BCUT2D eigenvalue weighted by molar-refractivity contribution is 0.0941. The van der Waals surface area contributed by atoms with E-state index in [0.717, 1.165) is 0 Å². The Labute approximate surface area is 149 Å². The lowest BCUT2D eigenvalue weighted by Crippen LogP contribution is -2.26. The molecule has 0 aliphatic rings. The van der Waals surface area contributed by atoms with Crippen LogP contribution in [-0.2, 0) is 0 Å². The fourth-order valence-electron chi connectivity index (χ4n) is 2.52. The zero-order valence-corrected chi connectivity index (χ0v) is 14.3. The highest BCUT2D eigenvalue weighted by molar-refractivity contribution is 6.33. The van der Waals surface area contributed by atoms with Gasteiger partial charge in [0, 0.05) is 17.7 Å². The topological polar surface area (TPSA) is 88.5 Å². The predicted molar refractivity (Wildman–Crippen MR) is 92.3 cm³/mol. The molecular formula is C18H17ClN2O4. The summed E-state index contributed by atoms with van der Waals surface area (Å²) in [6.45, 7) is 1.96. The summed E-state index contributed by atoms with van der Waals surface area (Å²) in [7, 11) is 0. The van der Waals surface area contributed by atoms with Gasteiger partial charge >= 0.3 is 0 Å². The van der Waals surface area contributed by atoms with Crippen LogP contribution < -0.4 is 5.32 Å². The van der Waals surface area contributed by atoms with Crippen molar-refractivity contribution in [3.63, 3.8) is 0 Å². The average molecular weight is 361 g/mol. The van der Waals surface area contributed by atoms with Crippen molar-refractivity contribution in [2.75, 3.05) is 6.54 Å². The molecule has 0 radical (unpaired) electrons. The number of furan rings is 1. The van der Waals surface area contributed by atoms with Crippen LogP contribution in [0.15, 0.2) is 51.8 Å². The Bertz CT molecular complexity index is 858. The first kappa shape index (κ1) is 17.3. The van der Waals surface area contributed by atoms with E-state index in [1.54, 1.807) is 31.2 Å². The third kappa shape index (κ3) is 3.75. The number of halogens is 1. The lowest BCUT2D eigenvalue weighted by Gasteiger charge is -2.10. The van der Waals surface area contributed by atoms with Crippen LogP contribution in [0, 0.1) is 6.92 Å². The monoisotopic (exact) mass is 360 g/mol. The molecule has 1 unspecified atom stereocenters. The number of nitrogens with one attached hydrogen (secondary N) is 1. The molecule has 0 saturated carbocycles. The van der Waals surface area contributed by atoms with Crippen molar-refractivity contribution in [1.29, 1.82) is 0 Å². The van der Waals surface area contributed by atoms with Crippen LogP contribution in [0.4, 0.5) is 0 Å². The molecule has 130 valence electrons. The van der Waals surface area contributed by atoms with Gasteiger partial charge < -0.3 is 19.4 Å². The van der Waals surface area contributed by atoms with Crippen LogP contribution in [0.25, 0.3) is 11.3 Å². The van der Waals surface area contributed by atoms with E-state index in [1.165, 1.54) is 12.5 Å². The van der Waals surface area contributed by atoms with Crippen molar-refractivity contribution in [2.45, 2.75) is 19.4 Å². The maximum Gasteiger partial charge on any atom is 0.257 e. The highest BCUT2D eigenvalue weighted by atomic mass is 35.5. The quantitative estimate of drug-likeness (QED) is 0.698. The Morgan fingerprint density at radius 3 is 2.88 bits per heavy atom. The first-order valence-electron chi connectivity index (χ1n) is 7.77. The van der Waals surface area contributed by atoms with Gasteiger partial charge in [0.25, 0.3) is 5.91 Å². The summed E-state index contributed by atoms with van der Waals surface area (Å²) >= 11 is 6.19. The standard InChI is InChI=1S/C18H17ClN2O4/c1-11-16(17(21-25-11)13-4-2-3-5-14(13)19)18(23)20-8-6-15(22)12-7-9-24-10-12/h2-5,7,9-10,15,22H,6,8H2,1H3,(H,20,23). The molecule has 0 aliphatic carbocycles. The molecule has 3 rings (SSSR count). The number of aromatic nitrogens is 1. The molecule has 2 N–H and O–H groups in total. The van der Waals surface area contributed by atoms with Crippen LogP contribution in [-0.4, -0.2) is 22.7 Å². The Kier molecular flexibility index (Phi) is 5.21. The number of benzene rings is 1. The van der Waals surface area contributed by atoms with Crippen LogP contribution in [0.3, 0.4) is 0 Å². The summed E-state index contributed by atoms with van der Waals surface area (Å²) in [6.07, 6.45) is 2.63. The van der Waals surface area contributed by atoms with Crippen molar-refractivity contribution >= 4 is 17.5 Å². The van der Waals surface area contributed by atoms with Gasteiger partial charge in [-0.2, -0.15) is 0 Å². The largest absolute Gasteiger partial charge is 0.472 e. The fourth-order valence-corrected chi connectivity index (χ4v) is 2.74. The summed E-state index contributed by atoms with van der Waals surface area (Å²) < 4.78 is 10.1. The first-order chi connectivity index (χ1) is 12.1. The number of rotatable bonds is 6. The highest BCUT2D eigenvalue weighted by Gasteiger charge is 2.23. The Morgan fingerprint density at radius 1 is 1.36 bits per heavy atom. The van der Waals surface area contributed by atoms with E-state index < -0.39 is 6.10 Å². The van der Waals surface area contributed by atoms with Crippen LogP contribution in [0.1, 0.15) is 34.2 Å². The fraction of sp³-hybridized carbons (Fsp3) is 0.222. The van der Waals surface area contributed by atoms with E-state index in [9.17, 15) is 9.90 Å². The molecule has 7 heteroatoms. The molecule has 0 spiro atoms. The molecule has 3 aromatic rings. The summed E-state index contributed by atoms with van der Waals surface area (Å²) in [5, 5.41) is 17.2. The third-order valence-corrected chi connectivity index (χ3v) is 4.18.